The molecule has 2 unspecified atom stereocenters. The average molecular weight is 267 g/mol. The first-order valence-corrected chi connectivity index (χ1v) is 6.65. The predicted octanol–water partition coefficient (Wildman–Crippen LogP) is 1.86. The molecule has 18 heavy (non-hydrogen) atoms. The van der Waals surface area contributed by atoms with Crippen LogP contribution in [0.2, 0.25) is 5.15 Å². The van der Waals surface area contributed by atoms with E-state index in [2.05, 4.69) is 4.98 Å². The van der Waals surface area contributed by atoms with Gasteiger partial charge in [-0.2, -0.15) is 0 Å². The molecule has 2 atom stereocenters. The van der Waals surface area contributed by atoms with Crippen LogP contribution in [0.25, 0.3) is 0 Å². The van der Waals surface area contributed by atoms with Crippen molar-refractivity contribution in [2.24, 2.45) is 0 Å². The Morgan fingerprint density at radius 3 is 2.56 bits per heavy atom. The van der Waals surface area contributed by atoms with Gasteiger partial charge in [-0.05, 0) is 37.8 Å². The van der Waals surface area contributed by atoms with Crippen LogP contribution >= 0.6 is 11.6 Å². The van der Waals surface area contributed by atoms with Gasteiger partial charge in [-0.15, -0.1) is 0 Å². The fourth-order valence-electron chi connectivity index (χ4n) is 3.13. The van der Waals surface area contributed by atoms with Crippen molar-refractivity contribution in [1.29, 1.82) is 0 Å². The first-order valence-electron chi connectivity index (χ1n) is 6.27. The highest BCUT2D eigenvalue weighted by atomic mass is 35.5. The van der Waals surface area contributed by atoms with Gasteiger partial charge in [-0.3, -0.25) is 4.79 Å². The molecular weight excluding hydrogens is 252 g/mol. The SMILES string of the molecule is O=C(c1ccc(Cl)nc1)N1C2CCC1CC(O)C2. The van der Waals surface area contributed by atoms with Crippen LogP contribution in [0, 0.1) is 0 Å². The van der Waals surface area contributed by atoms with E-state index in [1.54, 1.807) is 12.1 Å². The molecule has 4 nitrogen and oxygen atoms in total. The van der Waals surface area contributed by atoms with Crippen molar-refractivity contribution in [2.75, 3.05) is 0 Å². The standard InChI is InChI=1S/C13H15ClN2O2/c14-12-4-1-8(7-15-12)13(18)16-9-2-3-10(16)6-11(17)5-9/h1,4,7,9-11,17H,2-3,5-6H2. The average Bonchev–Trinajstić information content (AvgIpc) is 2.62. The van der Waals surface area contributed by atoms with Crippen molar-refractivity contribution >= 4 is 17.5 Å². The zero-order valence-electron chi connectivity index (χ0n) is 9.92. The number of nitrogens with zero attached hydrogens (tertiary/aromatic N) is 2. The van der Waals surface area contributed by atoms with Crippen LogP contribution < -0.4 is 0 Å². The van der Waals surface area contributed by atoms with Crippen LogP contribution in [0.4, 0.5) is 0 Å². The summed E-state index contributed by atoms with van der Waals surface area (Å²) in [5, 5.41) is 10.1. The number of aliphatic hydroxyl groups is 1. The van der Waals surface area contributed by atoms with E-state index in [-0.39, 0.29) is 24.1 Å². The number of hydrogen-bond acceptors (Lipinski definition) is 3. The summed E-state index contributed by atoms with van der Waals surface area (Å²) in [7, 11) is 0. The molecule has 1 N–H and O–H groups in total. The molecule has 3 rings (SSSR count). The minimum Gasteiger partial charge on any atom is -0.393 e. The van der Waals surface area contributed by atoms with Gasteiger partial charge in [0.2, 0.25) is 0 Å². The van der Waals surface area contributed by atoms with Crippen LogP contribution in [0.15, 0.2) is 18.3 Å². The lowest BCUT2D eigenvalue weighted by molar-refractivity contribution is 0.0286. The fourth-order valence-corrected chi connectivity index (χ4v) is 3.24. The number of rotatable bonds is 1. The van der Waals surface area contributed by atoms with Gasteiger partial charge in [-0.25, -0.2) is 4.98 Å². The molecule has 2 aliphatic rings. The Morgan fingerprint density at radius 1 is 1.33 bits per heavy atom. The minimum atomic E-state index is -0.255. The molecule has 1 aromatic heterocycles. The van der Waals surface area contributed by atoms with Gasteiger partial charge in [0.1, 0.15) is 5.15 Å². The van der Waals surface area contributed by atoms with E-state index in [1.807, 2.05) is 4.90 Å². The second kappa shape index (κ2) is 4.52. The van der Waals surface area contributed by atoms with Crippen LogP contribution in [0.5, 0.6) is 0 Å². The van der Waals surface area contributed by atoms with Crippen LogP contribution in [-0.4, -0.2) is 39.1 Å². The number of piperidine rings is 1. The summed E-state index contributed by atoms with van der Waals surface area (Å²) < 4.78 is 0. The number of aliphatic hydroxyl groups excluding tert-OH is 1. The Kier molecular flexibility index (Phi) is 2.99. The molecule has 0 aromatic carbocycles. The van der Waals surface area contributed by atoms with Crippen molar-refractivity contribution in [3.63, 3.8) is 0 Å². The smallest absolute Gasteiger partial charge is 0.255 e. The summed E-state index contributed by atoms with van der Waals surface area (Å²) in [6, 6.07) is 3.71. The Bertz CT molecular complexity index is 449. The zero-order chi connectivity index (χ0) is 12.7. The molecule has 2 fully saturated rings. The molecule has 2 aliphatic heterocycles. The number of halogens is 1. The number of amides is 1. The molecule has 1 aromatic rings. The highest BCUT2D eigenvalue weighted by Gasteiger charge is 2.42. The maximum Gasteiger partial charge on any atom is 0.255 e. The fraction of sp³-hybridized carbons (Fsp3) is 0.538. The summed E-state index contributed by atoms with van der Waals surface area (Å²) in [5.41, 5.74) is 0.577. The Hall–Kier alpha value is -1.13. The zero-order valence-corrected chi connectivity index (χ0v) is 10.7. The van der Waals surface area contributed by atoms with Gasteiger partial charge in [0, 0.05) is 18.3 Å². The molecule has 1 amide bonds. The molecule has 0 spiro atoms. The third-order valence-corrected chi connectivity index (χ3v) is 4.14. The van der Waals surface area contributed by atoms with E-state index in [1.165, 1.54) is 6.20 Å². The predicted molar refractivity (Wildman–Crippen MR) is 67.5 cm³/mol. The van der Waals surface area contributed by atoms with E-state index >= 15 is 0 Å². The number of aromatic nitrogens is 1. The van der Waals surface area contributed by atoms with E-state index in [0.29, 0.717) is 23.6 Å². The number of fused-ring (bicyclic) bond motifs is 2. The van der Waals surface area contributed by atoms with Gasteiger partial charge < -0.3 is 10.0 Å². The van der Waals surface area contributed by atoms with Crippen molar-refractivity contribution < 1.29 is 9.90 Å². The summed E-state index contributed by atoms with van der Waals surface area (Å²) in [4.78, 5) is 18.3. The molecule has 0 aliphatic carbocycles. The van der Waals surface area contributed by atoms with E-state index in [0.717, 1.165) is 12.8 Å². The Labute approximate surface area is 111 Å². The van der Waals surface area contributed by atoms with E-state index < -0.39 is 0 Å². The second-order valence-electron chi connectivity index (χ2n) is 5.09. The van der Waals surface area contributed by atoms with Crippen LogP contribution in [0.1, 0.15) is 36.0 Å². The van der Waals surface area contributed by atoms with Crippen molar-refractivity contribution in [3.8, 4) is 0 Å². The molecular formula is C13H15ClN2O2. The van der Waals surface area contributed by atoms with Gasteiger partial charge >= 0.3 is 0 Å². The highest BCUT2D eigenvalue weighted by molar-refractivity contribution is 6.29. The third kappa shape index (κ3) is 1.99. The topological polar surface area (TPSA) is 53.4 Å². The maximum absolute atomic E-state index is 12.4. The van der Waals surface area contributed by atoms with Crippen LogP contribution in [-0.2, 0) is 0 Å². The van der Waals surface area contributed by atoms with E-state index in [9.17, 15) is 9.90 Å². The van der Waals surface area contributed by atoms with Crippen molar-refractivity contribution in [1.82, 2.24) is 9.88 Å². The Morgan fingerprint density at radius 2 is 2.00 bits per heavy atom. The second-order valence-corrected chi connectivity index (χ2v) is 5.48. The summed E-state index contributed by atoms with van der Waals surface area (Å²) >= 11 is 5.72. The summed E-state index contributed by atoms with van der Waals surface area (Å²) in [6.45, 7) is 0. The lowest BCUT2D eigenvalue weighted by atomic mass is 9.99. The number of pyridine rings is 1. The molecule has 0 saturated carbocycles. The van der Waals surface area contributed by atoms with Crippen molar-refractivity contribution in [3.05, 3.63) is 29.0 Å². The Balaban J connectivity index is 1.83. The third-order valence-electron chi connectivity index (χ3n) is 3.92. The van der Waals surface area contributed by atoms with Gasteiger partial charge in [-0.1, -0.05) is 11.6 Å². The minimum absolute atomic E-state index is 0.0126. The first kappa shape index (κ1) is 11.9. The van der Waals surface area contributed by atoms with Crippen molar-refractivity contribution in [2.45, 2.75) is 43.9 Å². The maximum atomic E-state index is 12.4. The molecule has 0 radical (unpaired) electrons. The van der Waals surface area contributed by atoms with E-state index in [4.69, 9.17) is 11.6 Å². The van der Waals surface area contributed by atoms with Gasteiger partial charge in [0.15, 0.2) is 0 Å². The van der Waals surface area contributed by atoms with Gasteiger partial charge in [0.05, 0.1) is 11.7 Å². The quantitative estimate of drug-likeness (QED) is 0.790. The molecule has 96 valence electrons. The molecule has 2 bridgehead atoms. The summed E-state index contributed by atoms with van der Waals surface area (Å²) in [6.07, 6.45) is 4.65. The van der Waals surface area contributed by atoms with Crippen LogP contribution in [0.3, 0.4) is 0 Å². The van der Waals surface area contributed by atoms with Gasteiger partial charge in [0.25, 0.3) is 5.91 Å². The number of hydrogen-bond donors (Lipinski definition) is 1. The molecule has 3 heterocycles. The highest BCUT2D eigenvalue weighted by Crippen LogP contribution is 2.36. The lowest BCUT2D eigenvalue weighted by Gasteiger charge is -2.37. The summed E-state index contributed by atoms with van der Waals surface area (Å²) in [5.74, 6) is 0.0126. The monoisotopic (exact) mass is 266 g/mol. The first-order chi connectivity index (χ1) is 8.65. The normalized spacial score (nSPS) is 30.6. The molecule has 5 heteroatoms. The molecule has 2 saturated heterocycles. The largest absolute Gasteiger partial charge is 0.393 e. The lowest BCUT2D eigenvalue weighted by Crippen LogP contribution is -2.48. The number of carbonyl (C=O) groups is 1. The number of carbonyl (C=O) groups excluding carboxylic acids is 1.